The van der Waals surface area contributed by atoms with Gasteiger partial charge in [-0.25, -0.2) is 9.48 Å². The number of carbonyl (C=O) groups excluding carboxylic acids is 1. The van der Waals surface area contributed by atoms with Crippen molar-refractivity contribution in [3.8, 4) is 0 Å². The van der Waals surface area contributed by atoms with Crippen LogP contribution < -0.4 is 5.56 Å². The summed E-state index contributed by atoms with van der Waals surface area (Å²) in [7, 11) is 3.36. The third kappa shape index (κ3) is 3.54. The predicted octanol–water partition coefficient (Wildman–Crippen LogP) is 1.43. The van der Waals surface area contributed by atoms with Gasteiger partial charge in [-0.05, 0) is 19.5 Å². The molecule has 0 bridgehead atoms. The van der Waals surface area contributed by atoms with Crippen molar-refractivity contribution in [3.63, 3.8) is 0 Å². The minimum Gasteiger partial charge on any atom is -0.464 e. The van der Waals surface area contributed by atoms with Gasteiger partial charge in [0.2, 0.25) is 0 Å². The molecule has 2 aromatic heterocycles. The van der Waals surface area contributed by atoms with E-state index in [9.17, 15) is 9.59 Å². The Morgan fingerprint density at radius 3 is 2.76 bits per heavy atom. The lowest BCUT2D eigenvalue weighted by molar-refractivity contribution is 0.0538. The van der Waals surface area contributed by atoms with Crippen LogP contribution in [0.1, 0.15) is 27.9 Å². The normalized spacial score (nSPS) is 18.2. The molecule has 0 saturated carbocycles. The average Bonchev–Trinajstić information content (AvgIpc) is 3.13. The van der Waals surface area contributed by atoms with Crippen molar-refractivity contribution >= 4 is 16.9 Å². The van der Waals surface area contributed by atoms with Crippen molar-refractivity contribution in [1.29, 1.82) is 0 Å². The first-order chi connectivity index (χ1) is 14.0. The Morgan fingerprint density at radius 2 is 2.03 bits per heavy atom. The average molecular weight is 397 g/mol. The minimum atomic E-state index is -0.631. The Balaban J connectivity index is 1.75. The van der Waals surface area contributed by atoms with Gasteiger partial charge in [-0.3, -0.25) is 9.69 Å². The van der Waals surface area contributed by atoms with Crippen molar-refractivity contribution in [3.05, 3.63) is 57.7 Å². The first kappa shape index (κ1) is 19.3. The first-order valence-electron chi connectivity index (χ1n) is 9.42. The lowest BCUT2D eigenvalue weighted by atomic mass is 10.0. The molecule has 1 fully saturated rings. The van der Waals surface area contributed by atoms with Gasteiger partial charge in [0.1, 0.15) is 5.76 Å². The summed E-state index contributed by atoms with van der Waals surface area (Å²) in [6.45, 7) is 4.33. The second-order valence-electron chi connectivity index (χ2n) is 7.25. The highest BCUT2D eigenvalue weighted by atomic mass is 16.5. The Hall–Kier alpha value is -3.04. The largest absolute Gasteiger partial charge is 0.464 e. The number of hydrogen-bond acceptors (Lipinski definition) is 8. The SMILES string of the molecule is COC(=O)c1nn(CN2CCN(C)CC2c2ccccc2)c(=O)c2noc(C)c12. The Kier molecular flexibility index (Phi) is 5.16. The molecule has 0 aliphatic carbocycles. The molecule has 9 nitrogen and oxygen atoms in total. The monoisotopic (exact) mass is 397 g/mol. The van der Waals surface area contributed by atoms with E-state index >= 15 is 0 Å². The van der Waals surface area contributed by atoms with Crippen molar-refractivity contribution in [2.24, 2.45) is 0 Å². The molecule has 0 spiro atoms. The first-order valence-corrected chi connectivity index (χ1v) is 9.42. The Labute approximate surface area is 167 Å². The molecular weight excluding hydrogens is 374 g/mol. The summed E-state index contributed by atoms with van der Waals surface area (Å²) in [5, 5.41) is 8.48. The zero-order chi connectivity index (χ0) is 20.5. The zero-order valence-electron chi connectivity index (χ0n) is 16.7. The van der Waals surface area contributed by atoms with Gasteiger partial charge in [0.05, 0.1) is 19.2 Å². The maximum Gasteiger partial charge on any atom is 0.359 e. The number of nitrogens with zero attached hydrogens (tertiary/aromatic N) is 5. The molecule has 1 saturated heterocycles. The fourth-order valence-electron chi connectivity index (χ4n) is 3.76. The van der Waals surface area contributed by atoms with Crippen LogP contribution in [0.5, 0.6) is 0 Å². The number of ether oxygens (including phenoxy) is 1. The molecule has 0 N–H and O–H groups in total. The predicted molar refractivity (Wildman–Crippen MR) is 106 cm³/mol. The standard InChI is InChI=1S/C20H23N5O4/c1-13-16-17(22-29-13)19(26)25(21-18(16)20(27)28-3)12-24-10-9-23(2)11-15(24)14-7-5-4-6-8-14/h4-8,15H,9-12H2,1-3H3. The Bertz CT molecular complexity index is 1090. The molecule has 1 aromatic carbocycles. The second-order valence-corrected chi connectivity index (χ2v) is 7.25. The lowest BCUT2D eigenvalue weighted by Crippen LogP contribution is -2.48. The van der Waals surface area contributed by atoms with E-state index in [1.165, 1.54) is 17.4 Å². The van der Waals surface area contributed by atoms with Gasteiger partial charge >= 0.3 is 5.97 Å². The lowest BCUT2D eigenvalue weighted by Gasteiger charge is -2.40. The molecule has 1 aliphatic rings. The van der Waals surface area contributed by atoms with Crippen molar-refractivity contribution in [2.75, 3.05) is 33.8 Å². The summed E-state index contributed by atoms with van der Waals surface area (Å²) in [6, 6.07) is 10.3. The number of rotatable bonds is 4. The number of aryl methyl sites for hydroxylation is 1. The van der Waals surface area contributed by atoms with Crippen molar-refractivity contribution < 1.29 is 14.1 Å². The van der Waals surface area contributed by atoms with Gasteiger partial charge in [-0.2, -0.15) is 5.10 Å². The van der Waals surface area contributed by atoms with Gasteiger partial charge in [0, 0.05) is 25.7 Å². The second kappa shape index (κ2) is 7.76. The minimum absolute atomic E-state index is 0.0336. The molecule has 152 valence electrons. The van der Waals surface area contributed by atoms with Crippen LogP contribution in [0, 0.1) is 6.92 Å². The molecular formula is C20H23N5O4. The molecule has 9 heteroatoms. The number of aromatic nitrogens is 3. The maximum absolute atomic E-state index is 13.0. The quantitative estimate of drug-likeness (QED) is 0.611. The van der Waals surface area contributed by atoms with Crippen LogP contribution in [0.25, 0.3) is 10.9 Å². The molecule has 3 heterocycles. The van der Waals surface area contributed by atoms with E-state index < -0.39 is 11.5 Å². The van der Waals surface area contributed by atoms with E-state index in [0.29, 0.717) is 11.1 Å². The van der Waals surface area contributed by atoms with Gasteiger partial charge < -0.3 is 14.2 Å². The van der Waals surface area contributed by atoms with Crippen molar-refractivity contribution in [1.82, 2.24) is 24.7 Å². The number of esters is 1. The molecule has 3 aromatic rings. The summed E-state index contributed by atoms with van der Waals surface area (Å²) in [5.74, 6) is -0.271. The maximum atomic E-state index is 13.0. The molecule has 0 amide bonds. The fourth-order valence-corrected chi connectivity index (χ4v) is 3.76. The molecule has 29 heavy (non-hydrogen) atoms. The van der Waals surface area contributed by atoms with E-state index in [4.69, 9.17) is 9.26 Å². The summed E-state index contributed by atoms with van der Waals surface area (Å²) in [5.41, 5.74) is 0.892. The number of likely N-dealkylation sites (N-methyl/N-ethyl adjacent to an activating group) is 1. The highest BCUT2D eigenvalue weighted by molar-refractivity contribution is 6.01. The van der Waals surface area contributed by atoms with E-state index in [0.717, 1.165) is 19.6 Å². The van der Waals surface area contributed by atoms with E-state index in [-0.39, 0.29) is 23.9 Å². The number of benzene rings is 1. The smallest absolute Gasteiger partial charge is 0.359 e. The summed E-state index contributed by atoms with van der Waals surface area (Å²) < 4.78 is 11.3. The molecule has 4 rings (SSSR count). The third-order valence-electron chi connectivity index (χ3n) is 5.33. The van der Waals surface area contributed by atoms with Crippen LogP contribution in [0.15, 0.2) is 39.6 Å². The highest BCUT2D eigenvalue weighted by Crippen LogP contribution is 2.25. The number of hydrogen-bond donors (Lipinski definition) is 0. The third-order valence-corrected chi connectivity index (χ3v) is 5.33. The summed E-state index contributed by atoms with van der Waals surface area (Å²) in [4.78, 5) is 29.7. The van der Waals surface area contributed by atoms with Crippen LogP contribution in [-0.4, -0.2) is 64.5 Å². The van der Waals surface area contributed by atoms with Gasteiger partial charge in [-0.1, -0.05) is 35.5 Å². The van der Waals surface area contributed by atoms with Crippen LogP contribution in [0.3, 0.4) is 0 Å². The van der Waals surface area contributed by atoms with Crippen LogP contribution in [-0.2, 0) is 11.4 Å². The number of piperazine rings is 1. The molecule has 1 atom stereocenters. The molecule has 1 unspecified atom stereocenters. The number of carbonyl (C=O) groups is 1. The van der Waals surface area contributed by atoms with Crippen LogP contribution >= 0.6 is 0 Å². The fraction of sp³-hybridized carbons (Fsp3) is 0.400. The van der Waals surface area contributed by atoms with E-state index in [1.54, 1.807) is 6.92 Å². The van der Waals surface area contributed by atoms with Crippen LogP contribution in [0.4, 0.5) is 0 Å². The number of methoxy groups -OCH3 is 1. The van der Waals surface area contributed by atoms with Gasteiger partial charge in [0.15, 0.2) is 11.2 Å². The zero-order valence-corrected chi connectivity index (χ0v) is 16.7. The summed E-state index contributed by atoms with van der Waals surface area (Å²) in [6.07, 6.45) is 0. The van der Waals surface area contributed by atoms with Gasteiger partial charge in [0.25, 0.3) is 5.56 Å². The molecule has 0 radical (unpaired) electrons. The van der Waals surface area contributed by atoms with E-state index in [1.807, 2.05) is 18.2 Å². The highest BCUT2D eigenvalue weighted by Gasteiger charge is 2.29. The van der Waals surface area contributed by atoms with Gasteiger partial charge in [-0.15, -0.1) is 0 Å². The Morgan fingerprint density at radius 1 is 1.28 bits per heavy atom. The molecule has 1 aliphatic heterocycles. The summed E-state index contributed by atoms with van der Waals surface area (Å²) >= 11 is 0. The van der Waals surface area contributed by atoms with Crippen LogP contribution in [0.2, 0.25) is 0 Å². The van der Waals surface area contributed by atoms with E-state index in [2.05, 4.69) is 39.2 Å². The topological polar surface area (TPSA) is 93.7 Å². The van der Waals surface area contributed by atoms with Crippen molar-refractivity contribution in [2.45, 2.75) is 19.6 Å². The number of fused-ring (bicyclic) bond motifs is 1.